The summed E-state index contributed by atoms with van der Waals surface area (Å²) in [7, 11) is -3.61. The van der Waals surface area contributed by atoms with E-state index in [-0.39, 0.29) is 11.6 Å². The van der Waals surface area contributed by atoms with E-state index in [0.29, 0.717) is 41.1 Å². The molecule has 3 aromatic heterocycles. The van der Waals surface area contributed by atoms with E-state index in [1.54, 1.807) is 31.3 Å². The van der Waals surface area contributed by atoms with Crippen molar-refractivity contribution >= 4 is 15.7 Å². The molecular formula is C23H23N5O3S. The van der Waals surface area contributed by atoms with Crippen LogP contribution < -0.4 is 9.46 Å². The number of rotatable bonds is 6. The Morgan fingerprint density at radius 3 is 2.53 bits per heavy atom. The maximum absolute atomic E-state index is 12.9. The van der Waals surface area contributed by atoms with Crippen LogP contribution in [0.3, 0.4) is 0 Å². The normalized spacial score (nSPS) is 14.5. The molecule has 0 atom stereocenters. The third kappa shape index (κ3) is 4.14. The molecule has 3 aromatic rings. The van der Waals surface area contributed by atoms with Crippen molar-refractivity contribution < 1.29 is 13.2 Å². The third-order valence-corrected chi connectivity index (χ3v) is 7.72. The molecule has 0 radical (unpaired) electrons. The second-order valence-electron chi connectivity index (χ2n) is 8.28. The summed E-state index contributed by atoms with van der Waals surface area (Å²) >= 11 is 0. The lowest BCUT2D eigenvalue weighted by atomic mass is 10.1. The van der Waals surface area contributed by atoms with E-state index in [2.05, 4.69) is 25.7 Å². The van der Waals surface area contributed by atoms with Crippen LogP contribution in [0.1, 0.15) is 42.3 Å². The first kappa shape index (κ1) is 21.7. The largest absolute Gasteiger partial charge is 0.435 e. The summed E-state index contributed by atoms with van der Waals surface area (Å²) in [6, 6.07) is 8.90. The Morgan fingerprint density at radius 1 is 1.12 bits per heavy atom. The molecule has 0 aromatic carbocycles. The van der Waals surface area contributed by atoms with Gasteiger partial charge in [0.15, 0.2) is 5.75 Å². The van der Waals surface area contributed by atoms with Crippen molar-refractivity contribution in [3.63, 3.8) is 0 Å². The average molecular weight is 450 g/mol. The summed E-state index contributed by atoms with van der Waals surface area (Å²) in [6.07, 6.45) is 4.27. The zero-order valence-electron chi connectivity index (χ0n) is 18.3. The van der Waals surface area contributed by atoms with Gasteiger partial charge in [-0.2, -0.15) is 5.26 Å². The van der Waals surface area contributed by atoms with E-state index in [0.717, 1.165) is 11.3 Å². The Hall–Kier alpha value is -3.51. The molecule has 4 rings (SSSR count). The second-order valence-corrected chi connectivity index (χ2v) is 10.5. The van der Waals surface area contributed by atoms with Crippen LogP contribution in [0.25, 0.3) is 11.3 Å². The standard InChI is InChI=1S/C23H23N5O3S/c1-14-9-15(2)26-16(3)21(14)31-22-20(28-32(29,30)23(4)7-8-23)6-5-19(27-22)18-10-17(11-24)12-25-13-18/h5-6,9-10,12-13,28H,7-8H2,1-4H3. The van der Waals surface area contributed by atoms with Gasteiger partial charge >= 0.3 is 0 Å². The average Bonchev–Trinajstić information content (AvgIpc) is 3.51. The molecule has 1 fully saturated rings. The fraction of sp³-hybridized carbons (Fsp3) is 0.304. The number of nitrogens with one attached hydrogen (secondary N) is 1. The molecule has 0 aliphatic heterocycles. The van der Waals surface area contributed by atoms with Gasteiger partial charge in [-0.3, -0.25) is 14.7 Å². The van der Waals surface area contributed by atoms with E-state index in [1.807, 2.05) is 26.8 Å². The van der Waals surface area contributed by atoms with Crippen LogP contribution in [-0.4, -0.2) is 28.1 Å². The van der Waals surface area contributed by atoms with Crippen LogP contribution in [0.2, 0.25) is 0 Å². The van der Waals surface area contributed by atoms with Gasteiger partial charge in [-0.15, -0.1) is 0 Å². The first-order valence-corrected chi connectivity index (χ1v) is 11.6. The number of pyridine rings is 3. The predicted octanol–water partition coefficient (Wildman–Crippen LogP) is 4.42. The Morgan fingerprint density at radius 2 is 1.88 bits per heavy atom. The van der Waals surface area contributed by atoms with Crippen LogP contribution in [0.15, 0.2) is 36.7 Å². The van der Waals surface area contributed by atoms with Crippen LogP contribution in [0.4, 0.5) is 5.69 Å². The van der Waals surface area contributed by atoms with Crippen molar-refractivity contribution in [3.05, 3.63) is 59.2 Å². The van der Waals surface area contributed by atoms with Gasteiger partial charge in [0.05, 0.1) is 21.7 Å². The van der Waals surface area contributed by atoms with Crippen molar-refractivity contribution in [1.29, 1.82) is 5.26 Å². The van der Waals surface area contributed by atoms with Crippen molar-refractivity contribution in [2.24, 2.45) is 0 Å². The minimum atomic E-state index is -3.61. The first-order valence-electron chi connectivity index (χ1n) is 10.1. The third-order valence-electron chi connectivity index (χ3n) is 5.53. The number of anilines is 1. The van der Waals surface area contributed by atoms with Crippen molar-refractivity contribution in [3.8, 4) is 29.0 Å². The SMILES string of the molecule is Cc1cc(C)c(Oc2nc(-c3cncc(C#N)c3)ccc2NS(=O)(=O)C2(C)CC2)c(C)n1. The molecular weight excluding hydrogens is 426 g/mol. The number of nitriles is 1. The van der Waals surface area contributed by atoms with Gasteiger partial charge in [-0.25, -0.2) is 13.4 Å². The molecule has 3 heterocycles. The smallest absolute Gasteiger partial charge is 0.244 e. The Labute approximate surface area is 187 Å². The minimum absolute atomic E-state index is 0.106. The Kier molecular flexibility index (Phi) is 5.34. The van der Waals surface area contributed by atoms with Crippen LogP contribution in [0.5, 0.6) is 11.6 Å². The van der Waals surface area contributed by atoms with Crippen LogP contribution in [-0.2, 0) is 10.0 Å². The highest BCUT2D eigenvalue weighted by Crippen LogP contribution is 2.44. The summed E-state index contributed by atoms with van der Waals surface area (Å²) in [6.45, 7) is 7.34. The zero-order valence-corrected chi connectivity index (χ0v) is 19.1. The van der Waals surface area contributed by atoms with E-state index >= 15 is 0 Å². The van der Waals surface area contributed by atoms with Gasteiger partial charge < -0.3 is 4.74 Å². The molecule has 0 unspecified atom stereocenters. The topological polar surface area (TPSA) is 118 Å². The number of aromatic nitrogens is 3. The fourth-order valence-electron chi connectivity index (χ4n) is 3.37. The molecule has 0 bridgehead atoms. The Balaban J connectivity index is 1.80. The molecule has 1 aliphatic rings. The molecule has 32 heavy (non-hydrogen) atoms. The van der Waals surface area contributed by atoms with Gasteiger partial charge in [-0.05, 0) is 70.4 Å². The quantitative estimate of drug-likeness (QED) is 0.592. The maximum atomic E-state index is 12.9. The molecule has 9 heteroatoms. The van der Waals surface area contributed by atoms with Crippen molar-refractivity contribution in [2.45, 2.75) is 45.3 Å². The fourth-order valence-corrected chi connectivity index (χ4v) is 4.70. The lowest BCUT2D eigenvalue weighted by Crippen LogP contribution is -2.27. The molecule has 8 nitrogen and oxygen atoms in total. The number of hydrogen-bond acceptors (Lipinski definition) is 7. The number of ether oxygens (including phenoxy) is 1. The lowest BCUT2D eigenvalue weighted by Gasteiger charge is -2.18. The number of hydrogen-bond donors (Lipinski definition) is 1. The maximum Gasteiger partial charge on any atom is 0.244 e. The number of nitrogens with zero attached hydrogens (tertiary/aromatic N) is 4. The van der Waals surface area contributed by atoms with Gasteiger partial charge in [0, 0.05) is 23.7 Å². The molecule has 1 aliphatic carbocycles. The molecule has 0 spiro atoms. The highest BCUT2D eigenvalue weighted by atomic mass is 32.2. The molecule has 0 saturated heterocycles. The highest BCUT2D eigenvalue weighted by molar-refractivity contribution is 7.94. The molecule has 164 valence electrons. The molecule has 1 N–H and O–H groups in total. The predicted molar refractivity (Wildman–Crippen MR) is 121 cm³/mol. The van der Waals surface area contributed by atoms with Crippen molar-refractivity contribution in [2.75, 3.05) is 4.72 Å². The van der Waals surface area contributed by atoms with Crippen LogP contribution >= 0.6 is 0 Å². The van der Waals surface area contributed by atoms with Crippen molar-refractivity contribution in [1.82, 2.24) is 15.0 Å². The second kappa shape index (κ2) is 7.88. The summed E-state index contributed by atoms with van der Waals surface area (Å²) in [5, 5.41) is 9.18. The van der Waals surface area contributed by atoms with Gasteiger partial charge in [0.2, 0.25) is 15.9 Å². The summed E-state index contributed by atoms with van der Waals surface area (Å²) in [5.41, 5.74) is 4.15. The van der Waals surface area contributed by atoms with Gasteiger partial charge in [-0.1, -0.05) is 0 Å². The lowest BCUT2D eigenvalue weighted by molar-refractivity contribution is 0.455. The van der Waals surface area contributed by atoms with E-state index in [1.165, 1.54) is 6.20 Å². The summed E-state index contributed by atoms with van der Waals surface area (Å²) < 4.78 is 33.7. The van der Waals surface area contributed by atoms with Gasteiger partial charge in [0.1, 0.15) is 11.8 Å². The minimum Gasteiger partial charge on any atom is -0.435 e. The van der Waals surface area contributed by atoms with Gasteiger partial charge in [0.25, 0.3) is 0 Å². The summed E-state index contributed by atoms with van der Waals surface area (Å²) in [5.74, 6) is 0.622. The van der Waals surface area contributed by atoms with Crippen LogP contribution in [0, 0.1) is 32.1 Å². The Bertz CT molecular complexity index is 1340. The van der Waals surface area contributed by atoms with E-state index in [9.17, 15) is 13.7 Å². The number of sulfonamides is 1. The first-order chi connectivity index (χ1) is 15.1. The monoisotopic (exact) mass is 449 g/mol. The highest BCUT2D eigenvalue weighted by Gasteiger charge is 2.50. The van der Waals surface area contributed by atoms with E-state index in [4.69, 9.17) is 4.74 Å². The number of aryl methyl sites for hydroxylation is 3. The molecule has 1 saturated carbocycles. The summed E-state index contributed by atoms with van der Waals surface area (Å²) in [4.78, 5) is 13.1. The zero-order chi connectivity index (χ0) is 23.1. The molecule has 0 amide bonds. The van der Waals surface area contributed by atoms with E-state index < -0.39 is 14.8 Å².